The predicted molar refractivity (Wildman–Crippen MR) is 56.4 cm³/mol. The number of aliphatic carboxylic acids is 1. The maximum absolute atomic E-state index is 11.3. The summed E-state index contributed by atoms with van der Waals surface area (Å²) in [6.45, 7) is 1.39. The molecule has 1 rings (SSSR count). The molecule has 0 radical (unpaired) electrons. The monoisotopic (exact) mass is 267 g/mol. The molecule has 0 saturated heterocycles. The van der Waals surface area contributed by atoms with Crippen molar-refractivity contribution in [3.8, 4) is 0 Å². The summed E-state index contributed by atoms with van der Waals surface area (Å²) in [5.74, 6) is -2.52. The maximum Gasteiger partial charge on any atom is 0.349 e. The van der Waals surface area contributed by atoms with Gasteiger partial charge in [-0.15, -0.1) is 0 Å². The molecular formula is C7H9NO6S2. The summed E-state index contributed by atoms with van der Waals surface area (Å²) in [7, 11) is -7.73. The highest BCUT2D eigenvalue weighted by Gasteiger charge is 2.33. The van der Waals surface area contributed by atoms with Gasteiger partial charge >= 0.3 is 5.97 Å². The molecule has 0 aromatic carbocycles. The van der Waals surface area contributed by atoms with Crippen LogP contribution in [0, 0.1) is 0 Å². The molecule has 7 nitrogen and oxygen atoms in total. The lowest BCUT2D eigenvalue weighted by molar-refractivity contribution is -0.131. The van der Waals surface area contributed by atoms with Crippen LogP contribution in [0.15, 0.2) is 14.9 Å². The Labute approximate surface area is 92.5 Å². The molecule has 1 aliphatic heterocycles. The van der Waals surface area contributed by atoms with E-state index in [2.05, 4.69) is 4.40 Å². The van der Waals surface area contributed by atoms with Crippen LogP contribution in [0.25, 0.3) is 0 Å². The number of sulfone groups is 1. The van der Waals surface area contributed by atoms with E-state index in [4.69, 9.17) is 5.11 Å². The summed E-state index contributed by atoms with van der Waals surface area (Å²) in [5.41, 5.74) is -0.297. The second-order valence-corrected chi connectivity index (χ2v) is 6.97. The number of rotatable bonds is 4. The Kier molecular flexibility index (Phi) is 3.20. The molecule has 0 atom stereocenters. The van der Waals surface area contributed by atoms with Gasteiger partial charge in [-0.05, 0) is 0 Å². The van der Waals surface area contributed by atoms with Gasteiger partial charge in [0.15, 0.2) is 14.7 Å². The van der Waals surface area contributed by atoms with Crippen LogP contribution >= 0.6 is 0 Å². The molecule has 16 heavy (non-hydrogen) atoms. The van der Waals surface area contributed by atoms with Crippen molar-refractivity contribution in [3.63, 3.8) is 0 Å². The molecule has 0 bridgehead atoms. The van der Waals surface area contributed by atoms with Crippen LogP contribution < -0.4 is 0 Å². The third-order valence-electron chi connectivity index (χ3n) is 1.91. The Morgan fingerprint density at radius 1 is 1.50 bits per heavy atom. The van der Waals surface area contributed by atoms with E-state index in [1.807, 2.05) is 0 Å². The van der Waals surface area contributed by atoms with Gasteiger partial charge in [-0.2, -0.15) is 12.8 Å². The Bertz CT molecular complexity index is 580. The fourth-order valence-corrected chi connectivity index (χ4v) is 3.14. The van der Waals surface area contributed by atoms with Crippen LogP contribution in [-0.4, -0.2) is 45.6 Å². The van der Waals surface area contributed by atoms with Crippen LogP contribution in [0.2, 0.25) is 0 Å². The van der Waals surface area contributed by atoms with Crippen molar-refractivity contribution < 1.29 is 26.7 Å². The van der Waals surface area contributed by atoms with E-state index < -0.39 is 36.5 Å². The Balaban J connectivity index is 3.27. The fraction of sp³-hybridized carbons (Fsp3) is 0.429. The number of hydrogen-bond donors (Lipinski definition) is 1. The standard InChI is InChI=1S/C7H9NO6S2/c1-2-15(11,12)4-5-3-8-16(13,14)6(5)7(9)10/h3H,2,4H2,1H3,(H,9,10). The topological polar surface area (TPSA) is 118 Å². The summed E-state index contributed by atoms with van der Waals surface area (Å²) < 4.78 is 47.8. The lowest BCUT2D eigenvalue weighted by Crippen LogP contribution is -2.16. The highest BCUT2D eigenvalue weighted by atomic mass is 32.2. The van der Waals surface area contributed by atoms with Crippen molar-refractivity contribution >= 4 is 32.0 Å². The average Bonchev–Trinajstić information content (AvgIpc) is 2.40. The number of carbonyl (C=O) groups is 1. The molecular weight excluding hydrogens is 258 g/mol. The van der Waals surface area contributed by atoms with E-state index in [0.717, 1.165) is 6.21 Å². The number of hydrogen-bond acceptors (Lipinski definition) is 5. The van der Waals surface area contributed by atoms with Gasteiger partial charge in [-0.1, -0.05) is 6.92 Å². The van der Waals surface area contributed by atoms with E-state index in [0.29, 0.717) is 0 Å². The maximum atomic E-state index is 11.3. The number of carboxylic acid groups (broad SMARTS) is 1. The molecule has 0 aromatic rings. The summed E-state index contributed by atoms with van der Waals surface area (Å²) in [6.07, 6.45) is 0.770. The van der Waals surface area contributed by atoms with E-state index in [1.165, 1.54) is 6.92 Å². The average molecular weight is 267 g/mol. The van der Waals surface area contributed by atoms with Gasteiger partial charge in [-0.3, -0.25) is 0 Å². The Hall–Kier alpha value is -1.22. The number of nitrogens with zero attached hydrogens (tertiary/aromatic N) is 1. The lowest BCUT2D eigenvalue weighted by atomic mass is 10.3. The van der Waals surface area contributed by atoms with Gasteiger partial charge < -0.3 is 5.11 Å². The normalized spacial score (nSPS) is 19.1. The first-order valence-electron chi connectivity index (χ1n) is 4.17. The van der Waals surface area contributed by atoms with E-state index >= 15 is 0 Å². The molecule has 0 aliphatic carbocycles. The summed E-state index contributed by atoms with van der Waals surface area (Å²) in [5, 5.41) is 8.68. The first-order valence-corrected chi connectivity index (χ1v) is 7.43. The van der Waals surface area contributed by atoms with Crippen LogP contribution in [0.1, 0.15) is 6.92 Å². The van der Waals surface area contributed by atoms with Crippen molar-refractivity contribution in [2.45, 2.75) is 6.92 Å². The van der Waals surface area contributed by atoms with Crippen molar-refractivity contribution in [3.05, 3.63) is 10.5 Å². The third-order valence-corrected chi connectivity index (χ3v) is 4.87. The molecule has 1 heterocycles. The van der Waals surface area contributed by atoms with E-state index in [9.17, 15) is 21.6 Å². The van der Waals surface area contributed by atoms with Gasteiger partial charge in [-0.25, -0.2) is 13.2 Å². The second-order valence-electron chi connectivity index (χ2n) is 3.05. The molecule has 1 N–H and O–H groups in total. The highest BCUT2D eigenvalue weighted by molar-refractivity contribution is 7.95. The molecule has 9 heteroatoms. The third kappa shape index (κ3) is 2.47. The molecule has 0 spiro atoms. The van der Waals surface area contributed by atoms with Crippen molar-refractivity contribution in [1.29, 1.82) is 0 Å². The van der Waals surface area contributed by atoms with Crippen LogP contribution in [0.4, 0.5) is 0 Å². The first kappa shape index (κ1) is 12.8. The van der Waals surface area contributed by atoms with Gasteiger partial charge in [0, 0.05) is 17.5 Å². The zero-order valence-corrected chi connectivity index (χ0v) is 9.88. The predicted octanol–water partition coefficient (Wildman–Crippen LogP) is -0.826. The zero-order valence-electron chi connectivity index (χ0n) is 8.24. The van der Waals surface area contributed by atoms with Crippen LogP contribution in [0.5, 0.6) is 0 Å². The van der Waals surface area contributed by atoms with Crippen molar-refractivity contribution in [2.24, 2.45) is 4.40 Å². The zero-order chi connectivity index (χ0) is 12.6. The van der Waals surface area contributed by atoms with Gasteiger partial charge in [0.05, 0.1) is 5.75 Å². The smallest absolute Gasteiger partial charge is 0.349 e. The summed E-state index contributed by atoms with van der Waals surface area (Å²) >= 11 is 0. The Morgan fingerprint density at radius 3 is 2.50 bits per heavy atom. The van der Waals surface area contributed by atoms with Crippen LogP contribution in [-0.2, 0) is 24.7 Å². The molecule has 0 fully saturated rings. The first-order chi connectivity index (χ1) is 7.19. The highest BCUT2D eigenvalue weighted by Crippen LogP contribution is 2.21. The van der Waals surface area contributed by atoms with Crippen molar-refractivity contribution in [2.75, 3.05) is 11.5 Å². The number of sulfonamides is 1. The molecule has 0 unspecified atom stereocenters. The molecule has 90 valence electrons. The molecule has 1 aliphatic rings. The molecule has 0 amide bonds. The minimum Gasteiger partial charge on any atom is -0.477 e. The molecule has 0 aromatic heterocycles. The molecule has 0 saturated carbocycles. The summed E-state index contributed by atoms with van der Waals surface area (Å²) in [4.78, 5) is 9.74. The fourth-order valence-electron chi connectivity index (χ4n) is 1.10. The van der Waals surface area contributed by atoms with Crippen LogP contribution in [0.3, 0.4) is 0 Å². The second kappa shape index (κ2) is 3.98. The minimum absolute atomic E-state index is 0.197. The van der Waals surface area contributed by atoms with Crippen molar-refractivity contribution in [1.82, 2.24) is 0 Å². The Morgan fingerprint density at radius 2 is 2.06 bits per heavy atom. The van der Waals surface area contributed by atoms with E-state index in [1.54, 1.807) is 0 Å². The van der Waals surface area contributed by atoms with Gasteiger partial charge in [0.2, 0.25) is 0 Å². The SMILES string of the molecule is CCS(=O)(=O)CC1=C(C(=O)O)S(=O)(=O)N=C1. The largest absolute Gasteiger partial charge is 0.477 e. The summed E-state index contributed by atoms with van der Waals surface area (Å²) in [6, 6.07) is 0. The quantitative estimate of drug-likeness (QED) is 0.710. The lowest BCUT2D eigenvalue weighted by Gasteiger charge is -2.01. The van der Waals surface area contributed by atoms with Gasteiger partial charge in [0.25, 0.3) is 10.0 Å². The van der Waals surface area contributed by atoms with E-state index in [-0.39, 0.29) is 11.3 Å². The van der Waals surface area contributed by atoms with Gasteiger partial charge in [0.1, 0.15) is 0 Å². The number of carboxylic acids is 1. The minimum atomic E-state index is -4.23.